The molecule has 1 aliphatic rings. The average Bonchev–Trinajstić information content (AvgIpc) is 2.93. The van der Waals surface area contributed by atoms with E-state index in [0.717, 1.165) is 35.9 Å². The summed E-state index contributed by atoms with van der Waals surface area (Å²) in [5, 5.41) is 13.1. The summed E-state index contributed by atoms with van der Waals surface area (Å²) in [7, 11) is 0. The van der Waals surface area contributed by atoms with Gasteiger partial charge in [0, 0.05) is 18.4 Å². The van der Waals surface area contributed by atoms with Gasteiger partial charge in [0.15, 0.2) is 5.58 Å². The molecule has 1 fully saturated rings. The Kier molecular flexibility index (Phi) is 3.94. The summed E-state index contributed by atoms with van der Waals surface area (Å²) in [6.07, 6.45) is 5.94. The number of aliphatic hydroxyl groups excluding tert-OH is 1. The second-order valence-electron chi connectivity index (χ2n) is 6.69. The van der Waals surface area contributed by atoms with Crippen molar-refractivity contribution in [2.75, 3.05) is 5.32 Å². The lowest BCUT2D eigenvalue weighted by molar-refractivity contribution is 0.0339. The van der Waals surface area contributed by atoms with Gasteiger partial charge in [-0.25, -0.2) is 0 Å². The van der Waals surface area contributed by atoms with Crippen LogP contribution >= 0.6 is 0 Å². The number of hydrogen-bond donors (Lipinski definition) is 2. The molecule has 0 saturated heterocycles. The lowest BCUT2D eigenvalue weighted by atomic mass is 9.75. The van der Waals surface area contributed by atoms with Gasteiger partial charge in [-0.15, -0.1) is 0 Å². The molecule has 0 unspecified atom stereocenters. The molecule has 1 aromatic carbocycles. The van der Waals surface area contributed by atoms with E-state index >= 15 is 0 Å². The fourth-order valence-corrected chi connectivity index (χ4v) is 3.32. The fourth-order valence-electron chi connectivity index (χ4n) is 3.32. The Balaban J connectivity index is 1.55. The zero-order valence-corrected chi connectivity index (χ0v) is 13.6. The number of nitrogens with zero attached hydrogens (tertiary/aromatic N) is 2. The Morgan fingerprint density at radius 2 is 2.04 bits per heavy atom. The number of fused-ring (bicyclic) bond motifs is 1. The molecular formula is C19H21N3O2. The standard InChI is InChI=1S/C19H21N3O2/c1-12-2-3-18-17(8-12)22-19(24-18)21-16(14-10-15(23)11-14)9-13-4-6-20-7-5-13/h2-8,14-16,23H,9-11H2,1H3,(H,21,22)/t14?,15?,16-/m0/s1. The molecule has 0 bridgehead atoms. The number of anilines is 1. The number of rotatable bonds is 5. The normalized spacial score (nSPS) is 21.4. The van der Waals surface area contributed by atoms with Crippen molar-refractivity contribution < 1.29 is 9.52 Å². The maximum absolute atomic E-state index is 9.67. The van der Waals surface area contributed by atoms with Crippen molar-refractivity contribution in [3.05, 3.63) is 53.9 Å². The van der Waals surface area contributed by atoms with Crippen molar-refractivity contribution >= 4 is 17.1 Å². The van der Waals surface area contributed by atoms with Crippen molar-refractivity contribution in [1.82, 2.24) is 9.97 Å². The Bertz CT molecular complexity index is 825. The molecule has 2 heterocycles. The molecule has 1 atom stereocenters. The van der Waals surface area contributed by atoms with Gasteiger partial charge in [-0.05, 0) is 67.5 Å². The predicted octanol–water partition coefficient (Wildman–Crippen LogP) is 3.33. The van der Waals surface area contributed by atoms with Gasteiger partial charge < -0.3 is 14.8 Å². The first kappa shape index (κ1) is 15.1. The third-order valence-electron chi connectivity index (χ3n) is 4.78. The van der Waals surface area contributed by atoms with E-state index in [1.807, 2.05) is 49.6 Å². The molecule has 5 heteroatoms. The van der Waals surface area contributed by atoms with Crippen LogP contribution in [0.3, 0.4) is 0 Å². The molecule has 1 aliphatic carbocycles. The van der Waals surface area contributed by atoms with Crippen LogP contribution in [0.25, 0.3) is 11.1 Å². The molecule has 0 radical (unpaired) electrons. The topological polar surface area (TPSA) is 71.2 Å². The van der Waals surface area contributed by atoms with E-state index < -0.39 is 0 Å². The Hall–Kier alpha value is -2.40. The molecule has 1 saturated carbocycles. The van der Waals surface area contributed by atoms with Crippen LogP contribution in [0.15, 0.2) is 47.1 Å². The highest BCUT2D eigenvalue weighted by Gasteiger charge is 2.34. The third kappa shape index (κ3) is 3.12. The predicted molar refractivity (Wildman–Crippen MR) is 92.8 cm³/mol. The van der Waals surface area contributed by atoms with Crippen LogP contribution in [-0.2, 0) is 6.42 Å². The van der Waals surface area contributed by atoms with Gasteiger partial charge in [-0.1, -0.05) is 6.07 Å². The minimum absolute atomic E-state index is 0.178. The van der Waals surface area contributed by atoms with Gasteiger partial charge in [-0.3, -0.25) is 4.98 Å². The maximum Gasteiger partial charge on any atom is 0.295 e. The number of aliphatic hydroxyl groups is 1. The zero-order chi connectivity index (χ0) is 16.5. The average molecular weight is 323 g/mol. The number of benzene rings is 1. The fraction of sp³-hybridized carbons (Fsp3) is 0.368. The first-order chi connectivity index (χ1) is 11.7. The summed E-state index contributed by atoms with van der Waals surface area (Å²) >= 11 is 0. The molecule has 24 heavy (non-hydrogen) atoms. The molecule has 2 aromatic heterocycles. The number of aryl methyl sites for hydroxylation is 1. The molecular weight excluding hydrogens is 302 g/mol. The van der Waals surface area contributed by atoms with Crippen molar-refractivity contribution in [3.63, 3.8) is 0 Å². The Labute approximate surface area is 140 Å². The van der Waals surface area contributed by atoms with Gasteiger partial charge in [0.1, 0.15) is 5.52 Å². The van der Waals surface area contributed by atoms with Gasteiger partial charge in [-0.2, -0.15) is 4.98 Å². The van der Waals surface area contributed by atoms with Gasteiger partial charge >= 0.3 is 0 Å². The quantitative estimate of drug-likeness (QED) is 0.753. The van der Waals surface area contributed by atoms with E-state index in [0.29, 0.717) is 11.9 Å². The van der Waals surface area contributed by atoms with Crippen LogP contribution in [0.4, 0.5) is 6.01 Å². The number of nitrogens with one attached hydrogen (secondary N) is 1. The highest BCUT2D eigenvalue weighted by atomic mass is 16.4. The zero-order valence-electron chi connectivity index (χ0n) is 13.6. The van der Waals surface area contributed by atoms with Crippen LogP contribution in [0.1, 0.15) is 24.0 Å². The van der Waals surface area contributed by atoms with E-state index in [9.17, 15) is 5.11 Å². The SMILES string of the molecule is Cc1ccc2oc(N[C@@H](Cc3ccncc3)C3CC(O)C3)nc2c1. The van der Waals surface area contributed by atoms with E-state index in [2.05, 4.69) is 15.3 Å². The summed E-state index contributed by atoms with van der Waals surface area (Å²) in [6.45, 7) is 2.04. The number of oxazole rings is 1. The minimum atomic E-state index is -0.178. The van der Waals surface area contributed by atoms with Crippen molar-refractivity contribution in [2.24, 2.45) is 5.92 Å². The Morgan fingerprint density at radius 3 is 2.79 bits per heavy atom. The van der Waals surface area contributed by atoms with Crippen molar-refractivity contribution in [1.29, 1.82) is 0 Å². The van der Waals surface area contributed by atoms with E-state index in [1.54, 1.807) is 0 Å². The van der Waals surface area contributed by atoms with Gasteiger partial charge in [0.05, 0.1) is 6.10 Å². The molecule has 4 rings (SSSR count). The summed E-state index contributed by atoms with van der Waals surface area (Å²) in [6, 6.07) is 10.8. The smallest absolute Gasteiger partial charge is 0.295 e. The van der Waals surface area contributed by atoms with Crippen LogP contribution in [-0.4, -0.2) is 27.2 Å². The largest absolute Gasteiger partial charge is 0.424 e. The number of hydrogen-bond acceptors (Lipinski definition) is 5. The third-order valence-corrected chi connectivity index (χ3v) is 4.78. The summed E-state index contributed by atoms with van der Waals surface area (Å²) < 4.78 is 5.84. The van der Waals surface area contributed by atoms with Crippen molar-refractivity contribution in [3.8, 4) is 0 Å². The van der Waals surface area contributed by atoms with Crippen molar-refractivity contribution in [2.45, 2.75) is 38.3 Å². The number of pyridine rings is 1. The van der Waals surface area contributed by atoms with Crippen LogP contribution in [0, 0.1) is 12.8 Å². The lowest BCUT2D eigenvalue weighted by Gasteiger charge is -2.37. The summed E-state index contributed by atoms with van der Waals surface area (Å²) in [4.78, 5) is 8.64. The van der Waals surface area contributed by atoms with E-state index in [1.165, 1.54) is 5.56 Å². The molecule has 0 spiro atoms. The number of aromatic nitrogens is 2. The molecule has 5 nitrogen and oxygen atoms in total. The van der Waals surface area contributed by atoms with E-state index in [-0.39, 0.29) is 12.1 Å². The second-order valence-corrected chi connectivity index (χ2v) is 6.69. The minimum Gasteiger partial charge on any atom is -0.424 e. The van der Waals surface area contributed by atoms with Gasteiger partial charge in [0.25, 0.3) is 6.01 Å². The first-order valence-corrected chi connectivity index (χ1v) is 8.38. The monoisotopic (exact) mass is 323 g/mol. The van der Waals surface area contributed by atoms with Crippen LogP contribution in [0.2, 0.25) is 0 Å². The first-order valence-electron chi connectivity index (χ1n) is 8.38. The lowest BCUT2D eigenvalue weighted by Crippen LogP contribution is -2.42. The van der Waals surface area contributed by atoms with Crippen LogP contribution in [0.5, 0.6) is 0 Å². The molecule has 2 N–H and O–H groups in total. The second kappa shape index (κ2) is 6.24. The summed E-state index contributed by atoms with van der Waals surface area (Å²) in [5.41, 5.74) is 4.04. The maximum atomic E-state index is 9.67. The molecule has 3 aromatic rings. The van der Waals surface area contributed by atoms with E-state index in [4.69, 9.17) is 4.42 Å². The molecule has 0 aliphatic heterocycles. The van der Waals surface area contributed by atoms with Gasteiger partial charge in [0.2, 0.25) is 0 Å². The molecule has 0 amide bonds. The molecule has 124 valence electrons. The summed E-state index contributed by atoms with van der Waals surface area (Å²) in [5.74, 6) is 0.421. The highest BCUT2D eigenvalue weighted by Crippen LogP contribution is 2.33. The van der Waals surface area contributed by atoms with Crippen LogP contribution < -0.4 is 5.32 Å². The highest BCUT2D eigenvalue weighted by molar-refractivity contribution is 5.75. The Morgan fingerprint density at radius 1 is 1.25 bits per heavy atom.